The van der Waals surface area contributed by atoms with Gasteiger partial charge >= 0.3 is 0 Å². The minimum Gasteiger partial charge on any atom is -0.378 e. The van der Waals surface area contributed by atoms with Gasteiger partial charge in [0.25, 0.3) is 5.69 Å². The number of aromatic nitrogens is 2. The molecule has 0 saturated carbocycles. The molecule has 7 nitrogen and oxygen atoms in total. The molecule has 0 spiro atoms. The summed E-state index contributed by atoms with van der Waals surface area (Å²) in [5, 5.41) is 27.8. The third kappa shape index (κ3) is 3.54. The smallest absolute Gasteiger partial charge is 0.287 e. The molecule has 1 heterocycles. The predicted molar refractivity (Wildman–Crippen MR) is 91.8 cm³/mol. The molecule has 7 heteroatoms. The minimum atomic E-state index is -0.552. The Morgan fingerprint density at radius 3 is 2.58 bits per heavy atom. The second-order valence-corrected chi connectivity index (χ2v) is 6.75. The van der Waals surface area contributed by atoms with Gasteiger partial charge in [-0.25, -0.2) is 0 Å². The highest BCUT2D eigenvalue weighted by Gasteiger charge is 2.20. The Labute approximate surface area is 141 Å². The van der Waals surface area contributed by atoms with E-state index in [4.69, 9.17) is 5.26 Å². The third-order valence-corrected chi connectivity index (χ3v) is 3.79. The van der Waals surface area contributed by atoms with Gasteiger partial charge in [-0.1, -0.05) is 0 Å². The molecule has 1 aromatic heterocycles. The fourth-order valence-electron chi connectivity index (χ4n) is 2.44. The molecule has 0 unspecified atom stereocenters. The van der Waals surface area contributed by atoms with Crippen LogP contribution >= 0.6 is 0 Å². The molecule has 0 aliphatic rings. The Kier molecular flexibility index (Phi) is 4.60. The van der Waals surface area contributed by atoms with Crippen LogP contribution < -0.4 is 5.32 Å². The Balaban J connectivity index is 2.27. The van der Waals surface area contributed by atoms with Crippen LogP contribution in [-0.4, -0.2) is 14.7 Å². The number of benzene rings is 1. The molecule has 2 rings (SSSR count). The van der Waals surface area contributed by atoms with Crippen LogP contribution in [-0.2, 0) is 5.54 Å². The molecule has 0 aliphatic carbocycles. The molecular weight excluding hydrogens is 306 g/mol. The van der Waals surface area contributed by atoms with Gasteiger partial charge in [-0.05, 0) is 46.8 Å². The van der Waals surface area contributed by atoms with E-state index in [1.54, 1.807) is 6.07 Å². The average molecular weight is 327 g/mol. The number of hydrogen-bond donors (Lipinski definition) is 1. The van der Waals surface area contributed by atoms with Crippen LogP contribution in [0.25, 0.3) is 0 Å². The standard InChI is InChI=1S/C17H21N5O2/c1-11(15-10-21(17(3,4)5)20-12(15)2)19-14-6-7-16(22(23)24)13(8-14)9-18/h6-8,10-11,19H,1-5H3/t11-/m0/s1. The summed E-state index contributed by atoms with van der Waals surface area (Å²) in [7, 11) is 0. The van der Waals surface area contributed by atoms with Crippen LogP contribution in [0, 0.1) is 28.4 Å². The van der Waals surface area contributed by atoms with Gasteiger partial charge in [0.15, 0.2) is 0 Å². The van der Waals surface area contributed by atoms with Gasteiger partial charge in [0.2, 0.25) is 0 Å². The fraction of sp³-hybridized carbons (Fsp3) is 0.412. The molecule has 126 valence electrons. The van der Waals surface area contributed by atoms with Gasteiger partial charge in [0.1, 0.15) is 11.6 Å². The minimum absolute atomic E-state index is 0.0410. The third-order valence-electron chi connectivity index (χ3n) is 3.79. The Morgan fingerprint density at radius 1 is 1.42 bits per heavy atom. The summed E-state index contributed by atoms with van der Waals surface area (Å²) in [5.41, 5.74) is 2.37. The van der Waals surface area contributed by atoms with Crippen molar-refractivity contribution in [2.45, 2.75) is 46.2 Å². The molecule has 0 bridgehead atoms. The maximum absolute atomic E-state index is 10.9. The molecule has 0 saturated heterocycles. The van der Waals surface area contributed by atoms with Crippen molar-refractivity contribution in [3.63, 3.8) is 0 Å². The van der Waals surface area contributed by atoms with E-state index in [1.165, 1.54) is 12.1 Å². The number of hydrogen-bond acceptors (Lipinski definition) is 5. The van der Waals surface area contributed by atoms with Crippen molar-refractivity contribution in [3.05, 3.63) is 51.3 Å². The second-order valence-electron chi connectivity index (χ2n) is 6.75. The van der Waals surface area contributed by atoms with Crippen molar-refractivity contribution in [1.82, 2.24) is 9.78 Å². The zero-order valence-corrected chi connectivity index (χ0v) is 14.5. The largest absolute Gasteiger partial charge is 0.378 e. The van der Waals surface area contributed by atoms with E-state index in [2.05, 4.69) is 31.2 Å². The van der Waals surface area contributed by atoms with Crippen molar-refractivity contribution >= 4 is 11.4 Å². The van der Waals surface area contributed by atoms with Crippen LogP contribution in [0.4, 0.5) is 11.4 Å². The van der Waals surface area contributed by atoms with E-state index in [9.17, 15) is 10.1 Å². The van der Waals surface area contributed by atoms with E-state index >= 15 is 0 Å². The first-order chi connectivity index (χ1) is 11.1. The SMILES string of the molecule is Cc1nn(C(C)(C)C)cc1[C@H](C)Nc1ccc([N+](=O)[O-])c(C#N)c1. The highest BCUT2D eigenvalue weighted by atomic mass is 16.6. The summed E-state index contributed by atoms with van der Waals surface area (Å²) < 4.78 is 1.92. The number of aryl methyl sites for hydroxylation is 1. The number of rotatable bonds is 4. The molecule has 24 heavy (non-hydrogen) atoms. The van der Waals surface area contributed by atoms with Gasteiger partial charge in [-0.2, -0.15) is 10.4 Å². The summed E-state index contributed by atoms with van der Waals surface area (Å²) >= 11 is 0. The highest BCUT2D eigenvalue weighted by Crippen LogP contribution is 2.27. The number of anilines is 1. The quantitative estimate of drug-likeness (QED) is 0.678. The predicted octanol–water partition coefficient (Wildman–Crippen LogP) is 3.90. The number of nitrogens with zero attached hydrogens (tertiary/aromatic N) is 4. The molecule has 2 aromatic rings. The molecule has 0 aliphatic heterocycles. The summed E-state index contributed by atoms with van der Waals surface area (Å²) in [6, 6.07) is 6.27. The van der Waals surface area contributed by atoms with Crippen molar-refractivity contribution in [3.8, 4) is 6.07 Å². The summed E-state index contributed by atoms with van der Waals surface area (Å²) in [6.45, 7) is 10.2. The first-order valence-electron chi connectivity index (χ1n) is 7.65. The number of nitro benzene ring substituents is 1. The van der Waals surface area contributed by atoms with Crippen molar-refractivity contribution in [2.24, 2.45) is 0 Å². The van der Waals surface area contributed by atoms with Crippen LogP contribution in [0.1, 0.15) is 50.6 Å². The highest BCUT2D eigenvalue weighted by molar-refractivity contribution is 5.59. The summed E-state index contributed by atoms with van der Waals surface area (Å²) in [6.07, 6.45) is 2.00. The molecular formula is C17H21N5O2. The van der Waals surface area contributed by atoms with Gasteiger partial charge in [-0.15, -0.1) is 0 Å². The topological polar surface area (TPSA) is 96.8 Å². The van der Waals surface area contributed by atoms with Gasteiger partial charge in [0.05, 0.1) is 22.2 Å². The van der Waals surface area contributed by atoms with Crippen molar-refractivity contribution in [1.29, 1.82) is 5.26 Å². The number of nitro groups is 1. The van der Waals surface area contributed by atoms with Crippen LogP contribution in [0.5, 0.6) is 0 Å². The van der Waals surface area contributed by atoms with E-state index in [0.29, 0.717) is 5.69 Å². The van der Waals surface area contributed by atoms with Gasteiger partial charge < -0.3 is 5.32 Å². The van der Waals surface area contributed by atoms with E-state index in [-0.39, 0.29) is 22.8 Å². The maximum Gasteiger partial charge on any atom is 0.287 e. The lowest BCUT2D eigenvalue weighted by atomic mass is 10.1. The maximum atomic E-state index is 10.9. The lowest BCUT2D eigenvalue weighted by Crippen LogP contribution is -2.22. The number of nitrogens with one attached hydrogen (secondary N) is 1. The normalized spacial score (nSPS) is 12.5. The second kappa shape index (κ2) is 6.32. The lowest BCUT2D eigenvalue weighted by molar-refractivity contribution is -0.385. The first-order valence-corrected chi connectivity index (χ1v) is 7.65. The molecule has 1 atom stereocenters. The van der Waals surface area contributed by atoms with Gasteiger partial charge in [0, 0.05) is 23.5 Å². The van der Waals surface area contributed by atoms with Crippen molar-refractivity contribution < 1.29 is 4.92 Å². The lowest BCUT2D eigenvalue weighted by Gasteiger charge is -2.19. The van der Waals surface area contributed by atoms with Crippen molar-refractivity contribution in [2.75, 3.05) is 5.32 Å². The average Bonchev–Trinajstić information content (AvgIpc) is 2.89. The molecule has 0 fully saturated rings. The van der Waals surface area contributed by atoms with Crippen LogP contribution in [0.15, 0.2) is 24.4 Å². The molecule has 0 amide bonds. The van der Waals surface area contributed by atoms with E-state index in [0.717, 1.165) is 11.3 Å². The summed E-state index contributed by atoms with van der Waals surface area (Å²) in [5.74, 6) is 0. The zero-order chi connectivity index (χ0) is 18.1. The monoisotopic (exact) mass is 327 g/mol. The summed E-state index contributed by atoms with van der Waals surface area (Å²) in [4.78, 5) is 10.3. The zero-order valence-electron chi connectivity index (χ0n) is 14.5. The Hall–Kier alpha value is -2.88. The van der Waals surface area contributed by atoms with E-state index < -0.39 is 4.92 Å². The molecule has 0 radical (unpaired) electrons. The van der Waals surface area contributed by atoms with Crippen LogP contribution in [0.3, 0.4) is 0 Å². The Morgan fingerprint density at radius 2 is 2.08 bits per heavy atom. The van der Waals surface area contributed by atoms with Gasteiger partial charge in [-0.3, -0.25) is 14.8 Å². The Bertz CT molecular complexity index is 811. The fourth-order valence-corrected chi connectivity index (χ4v) is 2.44. The number of nitriles is 1. The molecule has 1 N–H and O–H groups in total. The molecule has 1 aromatic carbocycles. The van der Waals surface area contributed by atoms with Crippen LogP contribution in [0.2, 0.25) is 0 Å². The van der Waals surface area contributed by atoms with E-state index in [1.807, 2.05) is 30.8 Å². The first kappa shape index (κ1) is 17.5.